The van der Waals surface area contributed by atoms with Crippen molar-refractivity contribution >= 4 is 43.2 Å². The molecule has 0 radical (unpaired) electrons. The summed E-state index contributed by atoms with van der Waals surface area (Å²) in [5.74, 6) is 0.666. The number of hydrogen-bond donors (Lipinski definition) is 1. The predicted octanol–water partition coefficient (Wildman–Crippen LogP) is 5.39. The van der Waals surface area contributed by atoms with Gasteiger partial charge in [-0.2, -0.15) is 0 Å². The molecule has 1 saturated heterocycles. The van der Waals surface area contributed by atoms with Crippen LogP contribution < -0.4 is 4.72 Å². The molecule has 8 heteroatoms. The van der Waals surface area contributed by atoms with Gasteiger partial charge in [0, 0.05) is 24.3 Å². The first-order chi connectivity index (χ1) is 15.1. The van der Waals surface area contributed by atoms with Gasteiger partial charge in [0.1, 0.15) is 10.4 Å². The van der Waals surface area contributed by atoms with Gasteiger partial charge in [0.15, 0.2) is 0 Å². The third-order valence-corrected chi connectivity index (χ3v) is 8.01. The van der Waals surface area contributed by atoms with E-state index in [-0.39, 0.29) is 10.8 Å². The molecule has 1 N–H and O–H groups in total. The van der Waals surface area contributed by atoms with Crippen LogP contribution in [0.5, 0.6) is 0 Å². The molecular weight excluding hydrogens is 442 g/mol. The van der Waals surface area contributed by atoms with Crippen molar-refractivity contribution in [3.63, 3.8) is 0 Å². The van der Waals surface area contributed by atoms with Gasteiger partial charge in [0.2, 0.25) is 0 Å². The smallest absolute Gasteiger partial charge is 0.264 e. The molecule has 0 spiro atoms. The Morgan fingerprint density at radius 1 is 1.12 bits per heavy atom. The van der Waals surface area contributed by atoms with Crippen molar-refractivity contribution in [1.29, 1.82) is 0 Å². The Morgan fingerprint density at radius 2 is 1.81 bits per heavy atom. The molecule has 2 heterocycles. The lowest BCUT2D eigenvalue weighted by Gasteiger charge is -2.35. The maximum Gasteiger partial charge on any atom is 0.264 e. The molecule has 1 aliphatic rings. The van der Waals surface area contributed by atoms with Crippen LogP contribution in [0.1, 0.15) is 50.4 Å². The van der Waals surface area contributed by atoms with Crippen LogP contribution in [-0.4, -0.2) is 37.3 Å². The minimum absolute atomic E-state index is 0.000793. The van der Waals surface area contributed by atoms with Gasteiger partial charge in [0.05, 0.1) is 10.2 Å². The number of carbonyl (C=O) groups is 1. The number of anilines is 1. The van der Waals surface area contributed by atoms with Gasteiger partial charge in [-0.15, -0.1) is 11.3 Å². The van der Waals surface area contributed by atoms with Crippen molar-refractivity contribution in [2.75, 3.05) is 17.8 Å². The molecule has 4 rings (SSSR count). The quantitative estimate of drug-likeness (QED) is 0.541. The Balaban J connectivity index is 1.41. The summed E-state index contributed by atoms with van der Waals surface area (Å²) in [5, 5.41) is 0. The van der Waals surface area contributed by atoms with Gasteiger partial charge in [-0.1, -0.05) is 26.8 Å². The molecule has 1 amide bonds. The lowest BCUT2D eigenvalue weighted by molar-refractivity contribution is 0.0670. The molecule has 0 unspecified atom stereocenters. The first-order valence-corrected chi connectivity index (χ1v) is 13.2. The van der Waals surface area contributed by atoms with Gasteiger partial charge in [-0.3, -0.25) is 9.52 Å². The van der Waals surface area contributed by atoms with E-state index in [9.17, 15) is 13.2 Å². The molecule has 170 valence electrons. The van der Waals surface area contributed by atoms with Crippen molar-refractivity contribution < 1.29 is 13.2 Å². The van der Waals surface area contributed by atoms with Crippen LogP contribution in [0.25, 0.3) is 10.2 Å². The fourth-order valence-corrected chi connectivity index (χ4v) is 6.36. The standard InChI is InChI=1S/C24H29N3O3S2/c1-24(2,3)15-17-11-13-27(14-12-17)23(28)18-7-9-19(10-8-18)26-32(29,30)21-6-4-5-20-22(21)25-16-31-20/h4-10,16-17,26H,11-15H2,1-3H3. The summed E-state index contributed by atoms with van der Waals surface area (Å²) in [4.78, 5) is 19.1. The van der Waals surface area contributed by atoms with Crippen LogP contribution in [0.15, 0.2) is 52.9 Å². The molecule has 6 nitrogen and oxygen atoms in total. The van der Waals surface area contributed by atoms with Crippen molar-refractivity contribution in [1.82, 2.24) is 9.88 Å². The average molecular weight is 472 g/mol. The molecule has 0 aliphatic carbocycles. The molecule has 0 atom stereocenters. The van der Waals surface area contributed by atoms with E-state index in [0.29, 0.717) is 28.1 Å². The zero-order valence-corrected chi connectivity index (χ0v) is 20.3. The van der Waals surface area contributed by atoms with Crippen LogP contribution in [0, 0.1) is 11.3 Å². The molecule has 1 aliphatic heterocycles. The number of aromatic nitrogens is 1. The maximum absolute atomic E-state index is 12.9. The number of nitrogens with one attached hydrogen (secondary N) is 1. The first-order valence-electron chi connectivity index (χ1n) is 10.9. The molecule has 0 bridgehead atoms. The van der Waals surface area contributed by atoms with Gasteiger partial charge < -0.3 is 4.90 Å². The normalized spacial score (nSPS) is 15.8. The number of sulfonamides is 1. The van der Waals surface area contributed by atoms with E-state index in [1.54, 1.807) is 41.9 Å². The van der Waals surface area contributed by atoms with Crippen LogP contribution in [-0.2, 0) is 10.0 Å². The number of fused-ring (bicyclic) bond motifs is 1. The topological polar surface area (TPSA) is 79.4 Å². The highest BCUT2D eigenvalue weighted by Crippen LogP contribution is 2.31. The zero-order chi connectivity index (χ0) is 22.9. The van der Waals surface area contributed by atoms with Crippen molar-refractivity contribution in [3.05, 3.63) is 53.5 Å². The van der Waals surface area contributed by atoms with Crippen molar-refractivity contribution in [3.8, 4) is 0 Å². The number of hydrogen-bond acceptors (Lipinski definition) is 5. The maximum atomic E-state index is 12.9. The van der Waals surface area contributed by atoms with E-state index < -0.39 is 10.0 Å². The number of carbonyl (C=O) groups excluding carboxylic acids is 1. The summed E-state index contributed by atoms with van der Waals surface area (Å²) in [6.07, 6.45) is 3.24. The SMILES string of the molecule is CC(C)(C)CC1CCN(C(=O)c2ccc(NS(=O)(=O)c3cccc4scnc34)cc2)CC1. The van der Waals surface area contributed by atoms with Crippen LogP contribution in [0.2, 0.25) is 0 Å². The number of rotatable bonds is 5. The number of benzene rings is 2. The second-order valence-electron chi connectivity index (χ2n) is 9.64. The Morgan fingerprint density at radius 3 is 2.47 bits per heavy atom. The van der Waals surface area contributed by atoms with Crippen LogP contribution in [0.4, 0.5) is 5.69 Å². The van der Waals surface area contributed by atoms with E-state index in [1.807, 2.05) is 11.0 Å². The highest BCUT2D eigenvalue weighted by molar-refractivity contribution is 7.93. The van der Waals surface area contributed by atoms with E-state index >= 15 is 0 Å². The summed E-state index contributed by atoms with van der Waals surface area (Å²) in [7, 11) is -3.79. The zero-order valence-electron chi connectivity index (χ0n) is 18.7. The Kier molecular flexibility index (Phi) is 6.27. The number of nitrogens with zero attached hydrogens (tertiary/aromatic N) is 2. The Bertz CT molecular complexity index is 1200. The van der Waals surface area contributed by atoms with Crippen LogP contribution in [0.3, 0.4) is 0 Å². The molecule has 3 aromatic rings. The van der Waals surface area contributed by atoms with Crippen molar-refractivity contribution in [2.45, 2.75) is 44.9 Å². The number of thiazole rings is 1. The van der Waals surface area contributed by atoms with Crippen molar-refractivity contribution in [2.24, 2.45) is 11.3 Å². The minimum atomic E-state index is -3.79. The third kappa shape index (κ3) is 5.13. The molecule has 32 heavy (non-hydrogen) atoms. The number of amides is 1. The van der Waals surface area contributed by atoms with E-state index in [0.717, 1.165) is 30.6 Å². The molecule has 0 saturated carbocycles. The average Bonchev–Trinajstić information content (AvgIpc) is 3.22. The summed E-state index contributed by atoms with van der Waals surface area (Å²) >= 11 is 1.40. The van der Waals surface area contributed by atoms with E-state index in [2.05, 4.69) is 30.5 Å². The van der Waals surface area contributed by atoms with Gasteiger partial charge in [0.25, 0.3) is 15.9 Å². The fraction of sp³-hybridized carbons (Fsp3) is 0.417. The van der Waals surface area contributed by atoms with Crippen LogP contribution >= 0.6 is 11.3 Å². The fourth-order valence-electron chi connectivity index (χ4n) is 4.36. The highest BCUT2D eigenvalue weighted by atomic mass is 32.2. The Hall–Kier alpha value is -2.45. The summed E-state index contributed by atoms with van der Waals surface area (Å²) < 4.78 is 29.2. The van der Waals surface area contributed by atoms with Gasteiger partial charge in [-0.25, -0.2) is 13.4 Å². The monoisotopic (exact) mass is 471 g/mol. The Labute approximate surface area is 193 Å². The highest BCUT2D eigenvalue weighted by Gasteiger charge is 2.27. The van der Waals surface area contributed by atoms with Gasteiger partial charge in [-0.05, 0) is 67.0 Å². The lowest BCUT2D eigenvalue weighted by Crippen LogP contribution is -2.39. The number of para-hydroxylation sites is 1. The predicted molar refractivity (Wildman–Crippen MR) is 130 cm³/mol. The summed E-state index contributed by atoms with van der Waals surface area (Å²) in [6, 6.07) is 11.7. The third-order valence-electron chi connectivity index (χ3n) is 5.80. The van der Waals surface area contributed by atoms with Gasteiger partial charge >= 0.3 is 0 Å². The molecule has 1 fully saturated rings. The molecule has 1 aromatic heterocycles. The van der Waals surface area contributed by atoms with E-state index in [1.165, 1.54) is 17.8 Å². The van der Waals surface area contributed by atoms with E-state index in [4.69, 9.17) is 0 Å². The summed E-state index contributed by atoms with van der Waals surface area (Å²) in [5.41, 5.74) is 3.40. The second-order valence-corrected chi connectivity index (χ2v) is 12.2. The lowest BCUT2D eigenvalue weighted by atomic mass is 9.80. The number of piperidine rings is 1. The minimum Gasteiger partial charge on any atom is -0.339 e. The second kappa shape index (κ2) is 8.83. The first kappa shape index (κ1) is 22.7. The largest absolute Gasteiger partial charge is 0.339 e. The molecule has 2 aromatic carbocycles. The number of likely N-dealkylation sites (tertiary alicyclic amines) is 1. The summed E-state index contributed by atoms with van der Waals surface area (Å²) in [6.45, 7) is 8.32. The molecular formula is C24H29N3O3S2.